The molecule has 1 heterocycles. The largest absolute Gasteiger partial charge is 0.394 e. The van der Waals surface area contributed by atoms with Crippen LogP contribution in [0.15, 0.2) is 23.9 Å². The number of rotatable bonds is 3. The minimum Gasteiger partial charge on any atom is -0.394 e. The molecule has 0 aliphatic carbocycles. The monoisotopic (exact) mass is 171 g/mol. The third-order valence-electron chi connectivity index (χ3n) is 1.85. The second kappa shape index (κ2) is 4.25. The van der Waals surface area contributed by atoms with E-state index in [9.17, 15) is 0 Å². The molecule has 1 atom stereocenters. The van der Waals surface area contributed by atoms with Gasteiger partial charge in [0.1, 0.15) is 6.73 Å². The van der Waals surface area contributed by atoms with Gasteiger partial charge in [-0.3, -0.25) is 0 Å². The Kier molecular flexibility index (Phi) is 3.28. The molecule has 1 aliphatic heterocycles. The van der Waals surface area contributed by atoms with E-state index >= 15 is 0 Å². The van der Waals surface area contributed by atoms with Crippen molar-refractivity contribution >= 4 is 0 Å². The van der Waals surface area contributed by atoms with E-state index in [-0.39, 0.29) is 26.0 Å². The van der Waals surface area contributed by atoms with E-state index in [0.29, 0.717) is 0 Å². The van der Waals surface area contributed by atoms with Crippen LogP contribution in [0.2, 0.25) is 0 Å². The summed E-state index contributed by atoms with van der Waals surface area (Å²) in [4.78, 5) is 1.58. The van der Waals surface area contributed by atoms with Gasteiger partial charge in [0.15, 0.2) is 0 Å². The summed E-state index contributed by atoms with van der Waals surface area (Å²) in [5.74, 6) is 0. The lowest BCUT2D eigenvalue weighted by molar-refractivity contribution is 0.0968. The minimum atomic E-state index is -0.220. The highest BCUT2D eigenvalue weighted by molar-refractivity contribution is 5.25. The van der Waals surface area contributed by atoms with Crippen molar-refractivity contribution in [1.82, 2.24) is 4.90 Å². The highest BCUT2D eigenvalue weighted by atomic mass is 16.3. The van der Waals surface area contributed by atoms with Gasteiger partial charge < -0.3 is 20.2 Å². The van der Waals surface area contributed by atoms with Gasteiger partial charge in [0, 0.05) is 6.20 Å². The molecule has 12 heavy (non-hydrogen) atoms. The first-order chi connectivity index (χ1) is 5.81. The molecule has 0 bridgehead atoms. The van der Waals surface area contributed by atoms with Crippen LogP contribution in [0.1, 0.15) is 0 Å². The van der Waals surface area contributed by atoms with Gasteiger partial charge in [-0.2, -0.15) is 0 Å². The lowest BCUT2D eigenvalue weighted by atomic mass is 10.1. The van der Waals surface area contributed by atoms with Crippen LogP contribution in [0.5, 0.6) is 0 Å². The van der Waals surface area contributed by atoms with Crippen molar-refractivity contribution in [3.05, 3.63) is 23.9 Å². The smallest absolute Gasteiger partial charge is 0.115 e. The molecule has 0 aromatic heterocycles. The second-order valence-corrected chi connectivity index (χ2v) is 2.62. The Morgan fingerprint density at radius 3 is 2.58 bits per heavy atom. The fraction of sp³-hybridized carbons (Fsp3) is 0.500. The lowest BCUT2D eigenvalue weighted by Crippen LogP contribution is -2.35. The molecule has 1 rings (SSSR count). The van der Waals surface area contributed by atoms with Crippen LogP contribution >= 0.6 is 0 Å². The van der Waals surface area contributed by atoms with E-state index in [1.54, 1.807) is 23.3 Å². The number of nitrogens with zero attached hydrogens (tertiary/aromatic N) is 1. The van der Waals surface area contributed by atoms with Crippen molar-refractivity contribution in [1.29, 1.82) is 0 Å². The van der Waals surface area contributed by atoms with Crippen LogP contribution in [-0.2, 0) is 0 Å². The Bertz CT molecular complexity index is 200. The maximum absolute atomic E-state index is 8.89. The van der Waals surface area contributed by atoms with Crippen molar-refractivity contribution in [2.75, 3.05) is 19.9 Å². The van der Waals surface area contributed by atoms with Crippen molar-refractivity contribution < 1.29 is 15.3 Å². The van der Waals surface area contributed by atoms with E-state index < -0.39 is 0 Å². The van der Waals surface area contributed by atoms with Crippen LogP contribution in [-0.4, -0.2) is 46.2 Å². The first kappa shape index (κ1) is 9.25. The van der Waals surface area contributed by atoms with Crippen LogP contribution in [0, 0.1) is 0 Å². The van der Waals surface area contributed by atoms with Gasteiger partial charge in [-0.05, 0) is 11.6 Å². The fourth-order valence-electron chi connectivity index (χ4n) is 1.12. The standard InChI is InChI=1S/C8H13NO3/c10-4-7-1-2-9(6-12)8(3-7)5-11/h1-3,8,10-12H,4-6H2. The average molecular weight is 171 g/mol. The molecule has 0 saturated heterocycles. The van der Waals surface area contributed by atoms with Gasteiger partial charge in [0.25, 0.3) is 0 Å². The molecule has 1 unspecified atom stereocenters. The predicted octanol–water partition coefficient (Wildman–Crippen LogP) is -0.955. The van der Waals surface area contributed by atoms with Crippen LogP contribution < -0.4 is 0 Å². The van der Waals surface area contributed by atoms with Crippen molar-refractivity contribution in [2.24, 2.45) is 0 Å². The summed E-state index contributed by atoms with van der Waals surface area (Å²) in [7, 11) is 0. The minimum absolute atomic E-state index is 0.0354. The number of hydrogen-bond acceptors (Lipinski definition) is 4. The maximum atomic E-state index is 8.89. The molecule has 0 saturated carbocycles. The Hall–Kier alpha value is -0.840. The summed E-state index contributed by atoms with van der Waals surface area (Å²) in [5, 5.41) is 26.5. The van der Waals surface area contributed by atoms with E-state index in [4.69, 9.17) is 15.3 Å². The van der Waals surface area contributed by atoms with Gasteiger partial charge in [0.05, 0.1) is 19.3 Å². The van der Waals surface area contributed by atoms with Gasteiger partial charge in [-0.15, -0.1) is 0 Å². The fourth-order valence-corrected chi connectivity index (χ4v) is 1.12. The van der Waals surface area contributed by atoms with Gasteiger partial charge >= 0.3 is 0 Å². The molecule has 0 amide bonds. The molecule has 3 N–H and O–H groups in total. The van der Waals surface area contributed by atoms with Crippen LogP contribution in [0.25, 0.3) is 0 Å². The molecular formula is C8H13NO3. The topological polar surface area (TPSA) is 63.9 Å². The normalized spacial score (nSPS) is 22.8. The summed E-state index contributed by atoms with van der Waals surface area (Å²) >= 11 is 0. The van der Waals surface area contributed by atoms with Gasteiger partial charge in [0.2, 0.25) is 0 Å². The molecule has 4 nitrogen and oxygen atoms in total. The van der Waals surface area contributed by atoms with Crippen molar-refractivity contribution in [3.63, 3.8) is 0 Å². The lowest BCUT2D eigenvalue weighted by Gasteiger charge is -2.28. The van der Waals surface area contributed by atoms with E-state index in [1.165, 1.54) is 0 Å². The van der Waals surface area contributed by atoms with E-state index in [2.05, 4.69) is 0 Å². The Morgan fingerprint density at radius 1 is 1.33 bits per heavy atom. The quantitative estimate of drug-likeness (QED) is 0.512. The molecule has 0 aromatic carbocycles. The summed E-state index contributed by atoms with van der Waals surface area (Å²) in [6.07, 6.45) is 5.10. The highest BCUT2D eigenvalue weighted by Crippen LogP contribution is 2.11. The molecule has 0 spiro atoms. The SMILES string of the molecule is OCC1=CC(CO)N(CO)C=C1. The molecule has 4 heteroatoms. The first-order valence-corrected chi connectivity index (χ1v) is 3.79. The maximum Gasteiger partial charge on any atom is 0.115 e. The Balaban J connectivity index is 2.67. The molecule has 0 radical (unpaired) electrons. The van der Waals surface area contributed by atoms with Crippen molar-refractivity contribution in [2.45, 2.75) is 6.04 Å². The first-order valence-electron chi connectivity index (χ1n) is 3.79. The summed E-state index contributed by atoms with van der Waals surface area (Å²) in [5.41, 5.74) is 0.763. The van der Waals surface area contributed by atoms with Gasteiger partial charge in [-0.25, -0.2) is 0 Å². The summed E-state index contributed by atoms with van der Waals surface area (Å²) in [6, 6.07) is -0.220. The van der Waals surface area contributed by atoms with E-state index in [0.717, 1.165) is 5.57 Å². The third kappa shape index (κ3) is 1.85. The number of aliphatic hydroxyl groups excluding tert-OH is 3. The number of hydrogen-bond donors (Lipinski definition) is 3. The predicted molar refractivity (Wildman–Crippen MR) is 44.1 cm³/mol. The zero-order valence-electron chi connectivity index (χ0n) is 6.72. The summed E-state index contributed by atoms with van der Waals surface area (Å²) in [6.45, 7) is -0.225. The van der Waals surface area contributed by atoms with Crippen molar-refractivity contribution in [3.8, 4) is 0 Å². The third-order valence-corrected chi connectivity index (χ3v) is 1.85. The van der Waals surface area contributed by atoms with Crippen LogP contribution in [0.3, 0.4) is 0 Å². The summed E-state index contributed by atoms with van der Waals surface area (Å²) < 4.78 is 0. The molecule has 0 aromatic rings. The van der Waals surface area contributed by atoms with E-state index in [1.807, 2.05) is 0 Å². The molecule has 0 fully saturated rings. The number of aliphatic hydroxyl groups is 3. The van der Waals surface area contributed by atoms with Crippen LogP contribution in [0.4, 0.5) is 0 Å². The molecular weight excluding hydrogens is 158 g/mol. The van der Waals surface area contributed by atoms with Gasteiger partial charge in [-0.1, -0.05) is 6.08 Å². The Morgan fingerprint density at radius 2 is 2.08 bits per heavy atom. The molecule has 1 aliphatic rings. The highest BCUT2D eigenvalue weighted by Gasteiger charge is 2.14. The average Bonchev–Trinajstić information content (AvgIpc) is 2.16. The zero-order chi connectivity index (χ0) is 8.97. The Labute approximate surface area is 71.1 Å². The zero-order valence-corrected chi connectivity index (χ0v) is 6.72. The molecule has 68 valence electrons. The second-order valence-electron chi connectivity index (χ2n) is 2.62.